The molecule has 0 aliphatic rings. The topological polar surface area (TPSA) is 63.4 Å². The molecule has 0 spiro atoms. The summed E-state index contributed by atoms with van der Waals surface area (Å²) in [5, 5.41) is 18.8. The predicted molar refractivity (Wildman–Crippen MR) is 35.8 cm³/mol. The number of phenols is 1. The van der Waals surface area contributed by atoms with Gasteiger partial charge in [0.05, 0.1) is 4.92 Å². The van der Waals surface area contributed by atoms with Gasteiger partial charge in [0.2, 0.25) is 0 Å². The van der Waals surface area contributed by atoms with Crippen LogP contribution in [0.25, 0.3) is 0 Å². The van der Waals surface area contributed by atoms with Gasteiger partial charge in [-0.05, 0) is 6.07 Å². The first-order valence-corrected chi connectivity index (χ1v) is 2.74. The van der Waals surface area contributed by atoms with E-state index in [1.807, 2.05) is 0 Å². The van der Waals surface area contributed by atoms with Crippen LogP contribution in [0.1, 0.15) is 1.43 Å². The Morgan fingerprint density at radius 3 is 2.58 bits per heavy atom. The molecular weight excluding hydrogens is 192 g/mol. The number of hydrogen-bond acceptors (Lipinski definition) is 3. The quantitative estimate of drug-likeness (QED) is 0.340. The molecule has 0 aliphatic heterocycles. The summed E-state index contributed by atoms with van der Waals surface area (Å²) in [7, 11) is 0. The van der Waals surface area contributed by atoms with E-state index in [4.69, 9.17) is 5.11 Å². The van der Waals surface area contributed by atoms with E-state index >= 15 is 0 Å². The van der Waals surface area contributed by atoms with E-state index in [-0.39, 0.29) is 52.8 Å². The van der Waals surface area contributed by atoms with E-state index in [0.717, 1.165) is 12.1 Å². The van der Waals surface area contributed by atoms with Gasteiger partial charge in [-0.15, -0.1) is 0 Å². The average Bonchev–Trinajstić information content (AvgIpc) is 1.85. The minimum atomic E-state index is -0.783. The van der Waals surface area contributed by atoms with Gasteiger partial charge in [0, 0.05) is 12.1 Å². The predicted octanol–water partition coefficient (Wildman–Crippen LogP) is -1.44. The van der Waals surface area contributed by atoms with E-state index in [2.05, 4.69) is 0 Å². The molecule has 0 atom stereocenters. The van der Waals surface area contributed by atoms with Gasteiger partial charge < -0.3 is 6.53 Å². The molecule has 0 aliphatic carbocycles. The van der Waals surface area contributed by atoms with Gasteiger partial charge in [-0.2, -0.15) is 0 Å². The first-order chi connectivity index (χ1) is 5.11. The normalized spacial score (nSPS) is 8.75. The number of nitrogens with zero attached hydrogens (tertiary/aromatic N) is 1. The Kier molecular flexibility index (Phi) is 4.87. The average molecular weight is 197 g/mol. The fourth-order valence-electron chi connectivity index (χ4n) is 0.651. The van der Waals surface area contributed by atoms with Gasteiger partial charge in [0.1, 0.15) is 5.82 Å². The standard InChI is InChI=1S/C6H4FNO3.K.H/c7-4-1-2-5(8(10)11)6(9)3-4;;/h1-3,9H;;/q;+1;-1. The van der Waals surface area contributed by atoms with E-state index < -0.39 is 22.2 Å². The summed E-state index contributed by atoms with van der Waals surface area (Å²) in [5.74, 6) is -1.36. The van der Waals surface area contributed by atoms with Gasteiger partial charge >= 0.3 is 57.1 Å². The van der Waals surface area contributed by atoms with Crippen molar-refractivity contribution >= 4 is 5.69 Å². The Labute approximate surface area is 111 Å². The summed E-state index contributed by atoms with van der Waals surface area (Å²) in [6, 6.07) is 2.51. The monoisotopic (exact) mass is 197 g/mol. The number of rotatable bonds is 1. The van der Waals surface area contributed by atoms with Crippen LogP contribution < -0.4 is 51.4 Å². The zero-order chi connectivity index (χ0) is 8.43. The van der Waals surface area contributed by atoms with Crippen molar-refractivity contribution < 1.29 is 67.2 Å². The van der Waals surface area contributed by atoms with Crippen molar-refractivity contribution in [3.63, 3.8) is 0 Å². The SMILES string of the molecule is O=[N+]([O-])c1ccc(F)cc1O.[H-].[K+]. The summed E-state index contributed by atoms with van der Waals surface area (Å²) < 4.78 is 12.2. The second-order valence-corrected chi connectivity index (χ2v) is 1.89. The summed E-state index contributed by atoms with van der Waals surface area (Å²) >= 11 is 0. The molecule has 0 bridgehead atoms. The summed E-state index contributed by atoms with van der Waals surface area (Å²) in [6.45, 7) is 0. The van der Waals surface area contributed by atoms with E-state index in [9.17, 15) is 14.5 Å². The third-order valence-electron chi connectivity index (χ3n) is 1.13. The molecule has 1 aromatic rings. The number of nitro groups is 1. The zero-order valence-corrected chi connectivity index (χ0v) is 9.44. The molecular formula is C6H5FKNO3. The molecule has 0 fully saturated rings. The van der Waals surface area contributed by atoms with Crippen LogP contribution in [0.5, 0.6) is 5.75 Å². The maximum absolute atomic E-state index is 12.2. The Bertz CT molecular complexity index is 310. The van der Waals surface area contributed by atoms with Crippen molar-refractivity contribution in [3.8, 4) is 5.75 Å². The molecule has 1 rings (SSSR count). The summed E-state index contributed by atoms with van der Waals surface area (Å²) in [5.41, 5.74) is -0.494. The van der Waals surface area contributed by atoms with Gasteiger partial charge in [-0.25, -0.2) is 4.39 Å². The first kappa shape index (κ1) is 12.0. The first-order valence-electron chi connectivity index (χ1n) is 2.74. The van der Waals surface area contributed by atoms with Crippen molar-refractivity contribution in [2.75, 3.05) is 0 Å². The molecule has 0 unspecified atom stereocenters. The Morgan fingerprint density at radius 1 is 1.58 bits per heavy atom. The Balaban J connectivity index is 0. The van der Waals surface area contributed by atoms with Crippen molar-refractivity contribution in [1.29, 1.82) is 0 Å². The molecule has 0 amide bonds. The second kappa shape index (κ2) is 4.88. The fourth-order valence-corrected chi connectivity index (χ4v) is 0.651. The van der Waals surface area contributed by atoms with E-state index in [0.29, 0.717) is 6.07 Å². The molecule has 0 saturated carbocycles. The van der Waals surface area contributed by atoms with Crippen LogP contribution in [0.3, 0.4) is 0 Å². The second-order valence-electron chi connectivity index (χ2n) is 1.89. The van der Waals surface area contributed by atoms with Crippen molar-refractivity contribution in [2.45, 2.75) is 0 Å². The van der Waals surface area contributed by atoms with E-state index in [1.54, 1.807) is 0 Å². The molecule has 12 heavy (non-hydrogen) atoms. The number of phenolic OH excluding ortho intramolecular Hbond substituents is 1. The fraction of sp³-hybridized carbons (Fsp3) is 0. The van der Waals surface area contributed by atoms with Crippen LogP contribution in [0.15, 0.2) is 18.2 Å². The van der Waals surface area contributed by atoms with Crippen molar-refractivity contribution in [3.05, 3.63) is 34.1 Å². The van der Waals surface area contributed by atoms with E-state index in [1.165, 1.54) is 0 Å². The Hall–Kier alpha value is -0.0136. The molecule has 0 heterocycles. The molecule has 0 aromatic heterocycles. The van der Waals surface area contributed by atoms with Crippen LogP contribution in [0, 0.1) is 15.9 Å². The Morgan fingerprint density at radius 2 is 2.17 bits per heavy atom. The van der Waals surface area contributed by atoms with Crippen molar-refractivity contribution in [2.24, 2.45) is 0 Å². The molecule has 1 aromatic carbocycles. The van der Waals surface area contributed by atoms with Crippen LogP contribution in [0.4, 0.5) is 10.1 Å². The molecule has 6 heteroatoms. The summed E-state index contributed by atoms with van der Waals surface area (Å²) in [6.07, 6.45) is 0. The van der Waals surface area contributed by atoms with Crippen LogP contribution in [-0.4, -0.2) is 10.0 Å². The van der Waals surface area contributed by atoms with Gasteiger partial charge in [0.15, 0.2) is 5.75 Å². The molecule has 60 valence electrons. The minimum absolute atomic E-state index is 0. The number of nitro benzene ring substituents is 1. The minimum Gasteiger partial charge on any atom is -1.00 e. The van der Waals surface area contributed by atoms with Gasteiger partial charge in [-0.3, -0.25) is 10.1 Å². The molecule has 1 N–H and O–H groups in total. The molecule has 0 saturated heterocycles. The number of benzene rings is 1. The largest absolute Gasteiger partial charge is 1.00 e. The summed E-state index contributed by atoms with van der Waals surface area (Å²) in [4.78, 5) is 9.27. The van der Waals surface area contributed by atoms with Crippen LogP contribution in [-0.2, 0) is 0 Å². The third-order valence-corrected chi connectivity index (χ3v) is 1.13. The number of hydrogen-bond donors (Lipinski definition) is 1. The maximum atomic E-state index is 12.2. The van der Waals surface area contributed by atoms with Crippen LogP contribution in [0.2, 0.25) is 0 Å². The van der Waals surface area contributed by atoms with Gasteiger partial charge in [-0.1, -0.05) is 0 Å². The van der Waals surface area contributed by atoms with Gasteiger partial charge in [0.25, 0.3) is 0 Å². The maximum Gasteiger partial charge on any atom is 1.00 e. The zero-order valence-electron chi connectivity index (χ0n) is 7.32. The van der Waals surface area contributed by atoms with Crippen LogP contribution >= 0.6 is 0 Å². The number of aromatic hydroxyl groups is 1. The number of halogens is 1. The van der Waals surface area contributed by atoms with Crippen molar-refractivity contribution in [1.82, 2.24) is 0 Å². The third kappa shape index (κ3) is 2.79. The smallest absolute Gasteiger partial charge is 1.00 e. The molecule has 4 nitrogen and oxygen atoms in total. The molecule has 0 radical (unpaired) electrons.